The van der Waals surface area contributed by atoms with Crippen LogP contribution < -0.4 is 0 Å². The number of carbonyl (C=O) groups is 1. The molecule has 0 unspecified atom stereocenters. The summed E-state index contributed by atoms with van der Waals surface area (Å²) >= 11 is 1.52. The Morgan fingerprint density at radius 1 is 1.29 bits per heavy atom. The molecule has 1 aliphatic heterocycles. The fourth-order valence-electron chi connectivity index (χ4n) is 3.22. The van der Waals surface area contributed by atoms with Gasteiger partial charge in [-0.1, -0.05) is 30.3 Å². The molecule has 126 valence electrons. The molecule has 0 bridgehead atoms. The summed E-state index contributed by atoms with van der Waals surface area (Å²) in [6, 6.07) is 10.5. The third-order valence-corrected chi connectivity index (χ3v) is 5.93. The first-order valence-corrected chi connectivity index (χ1v) is 9.45. The molecule has 24 heavy (non-hydrogen) atoms. The van der Waals surface area contributed by atoms with Gasteiger partial charge in [0.2, 0.25) is 0 Å². The molecule has 1 aromatic heterocycles. The van der Waals surface area contributed by atoms with E-state index in [-0.39, 0.29) is 5.91 Å². The average Bonchev–Trinajstić information content (AvgIpc) is 3.17. The summed E-state index contributed by atoms with van der Waals surface area (Å²) in [6.07, 6.45) is 3.32. The molecule has 2 fully saturated rings. The molecule has 1 saturated heterocycles. The van der Waals surface area contributed by atoms with E-state index >= 15 is 0 Å². The zero-order valence-corrected chi connectivity index (χ0v) is 14.7. The van der Waals surface area contributed by atoms with Crippen molar-refractivity contribution in [3.63, 3.8) is 0 Å². The van der Waals surface area contributed by atoms with Crippen molar-refractivity contribution in [2.75, 3.05) is 19.8 Å². The van der Waals surface area contributed by atoms with Crippen molar-refractivity contribution in [2.45, 2.75) is 32.2 Å². The number of aromatic nitrogens is 1. The van der Waals surface area contributed by atoms with Crippen molar-refractivity contribution in [3.05, 3.63) is 40.9 Å². The number of hydrogen-bond acceptors (Lipinski definition) is 4. The van der Waals surface area contributed by atoms with Crippen LogP contribution in [0.1, 0.15) is 34.6 Å². The van der Waals surface area contributed by atoms with Crippen molar-refractivity contribution in [2.24, 2.45) is 5.92 Å². The summed E-state index contributed by atoms with van der Waals surface area (Å²) in [5.41, 5.74) is 1.92. The van der Waals surface area contributed by atoms with Crippen molar-refractivity contribution < 1.29 is 9.53 Å². The Kier molecular flexibility index (Phi) is 4.37. The van der Waals surface area contributed by atoms with Gasteiger partial charge in [0, 0.05) is 30.7 Å². The minimum atomic E-state index is 0.154. The second kappa shape index (κ2) is 6.65. The highest BCUT2D eigenvalue weighted by Gasteiger charge is 2.36. The van der Waals surface area contributed by atoms with E-state index in [1.807, 2.05) is 37.3 Å². The van der Waals surface area contributed by atoms with Gasteiger partial charge >= 0.3 is 0 Å². The fourth-order valence-corrected chi connectivity index (χ4v) is 4.25. The highest BCUT2D eigenvalue weighted by molar-refractivity contribution is 7.17. The number of benzene rings is 1. The number of nitrogens with zero attached hydrogens (tertiary/aromatic N) is 2. The number of hydrogen-bond donors (Lipinski definition) is 0. The topological polar surface area (TPSA) is 42.4 Å². The van der Waals surface area contributed by atoms with Crippen molar-refractivity contribution in [3.8, 4) is 10.6 Å². The summed E-state index contributed by atoms with van der Waals surface area (Å²) in [5.74, 6) is 0.637. The molecular weight excluding hydrogens is 320 g/mol. The van der Waals surface area contributed by atoms with Gasteiger partial charge < -0.3 is 9.64 Å². The molecule has 2 aliphatic rings. The van der Waals surface area contributed by atoms with Crippen LogP contribution in [0.25, 0.3) is 10.6 Å². The lowest BCUT2D eigenvalue weighted by Crippen LogP contribution is -2.37. The molecule has 2 aromatic rings. The molecule has 5 heteroatoms. The highest BCUT2D eigenvalue weighted by Crippen LogP contribution is 2.34. The maximum atomic E-state index is 13.1. The minimum Gasteiger partial charge on any atom is -0.381 e. The number of thiazole rings is 1. The first kappa shape index (κ1) is 15.8. The lowest BCUT2D eigenvalue weighted by Gasteiger charge is -2.24. The molecule has 1 atom stereocenters. The SMILES string of the molecule is Cc1nc(-c2ccccc2)sc1C(=O)N(C[C@H]1CCOC1)C1CC1. The Hall–Kier alpha value is -1.72. The van der Waals surface area contributed by atoms with E-state index in [1.165, 1.54) is 11.3 Å². The third-order valence-electron chi connectivity index (χ3n) is 4.74. The van der Waals surface area contributed by atoms with Gasteiger partial charge in [-0.25, -0.2) is 4.98 Å². The van der Waals surface area contributed by atoms with Crippen LogP contribution in [-0.4, -0.2) is 41.6 Å². The van der Waals surface area contributed by atoms with E-state index in [0.717, 1.165) is 60.2 Å². The van der Waals surface area contributed by atoms with E-state index in [0.29, 0.717) is 12.0 Å². The smallest absolute Gasteiger partial charge is 0.266 e. The van der Waals surface area contributed by atoms with Crippen LogP contribution in [0.2, 0.25) is 0 Å². The van der Waals surface area contributed by atoms with Gasteiger partial charge in [0.15, 0.2) is 0 Å². The summed E-state index contributed by atoms with van der Waals surface area (Å²) in [7, 11) is 0. The largest absolute Gasteiger partial charge is 0.381 e. The number of rotatable bonds is 5. The van der Waals surface area contributed by atoms with Gasteiger partial charge in [-0.3, -0.25) is 4.79 Å². The number of ether oxygens (including phenoxy) is 1. The highest BCUT2D eigenvalue weighted by atomic mass is 32.1. The second-order valence-corrected chi connectivity index (χ2v) is 7.72. The molecule has 1 saturated carbocycles. The van der Waals surface area contributed by atoms with Crippen molar-refractivity contribution in [1.82, 2.24) is 9.88 Å². The zero-order valence-electron chi connectivity index (χ0n) is 13.9. The standard InChI is InChI=1S/C19H22N2O2S/c1-13-17(24-18(20-13)15-5-3-2-4-6-15)19(22)21(16-7-8-16)11-14-9-10-23-12-14/h2-6,14,16H,7-12H2,1H3/t14-/m1/s1. The molecule has 1 aliphatic carbocycles. The van der Waals surface area contributed by atoms with Crippen LogP contribution in [0.15, 0.2) is 30.3 Å². The summed E-state index contributed by atoms with van der Waals surface area (Å²) in [5, 5.41) is 0.927. The average molecular weight is 342 g/mol. The first-order chi connectivity index (χ1) is 11.7. The fraction of sp³-hybridized carbons (Fsp3) is 0.474. The van der Waals surface area contributed by atoms with Gasteiger partial charge in [-0.2, -0.15) is 0 Å². The first-order valence-electron chi connectivity index (χ1n) is 8.64. The third kappa shape index (κ3) is 3.23. The van der Waals surface area contributed by atoms with Gasteiger partial charge in [0.25, 0.3) is 5.91 Å². The summed E-state index contributed by atoms with van der Waals surface area (Å²) < 4.78 is 5.48. The summed E-state index contributed by atoms with van der Waals surface area (Å²) in [4.78, 5) is 20.6. The lowest BCUT2D eigenvalue weighted by molar-refractivity contribution is 0.0710. The second-order valence-electron chi connectivity index (χ2n) is 6.72. The van der Waals surface area contributed by atoms with E-state index < -0.39 is 0 Å². The summed E-state index contributed by atoms with van der Waals surface area (Å²) in [6.45, 7) is 4.38. The maximum Gasteiger partial charge on any atom is 0.266 e. The molecule has 1 aromatic carbocycles. The molecule has 0 N–H and O–H groups in total. The Morgan fingerprint density at radius 2 is 2.08 bits per heavy atom. The number of aryl methyl sites for hydroxylation is 1. The Balaban J connectivity index is 1.57. The van der Waals surface area contributed by atoms with Crippen LogP contribution in [0, 0.1) is 12.8 Å². The minimum absolute atomic E-state index is 0.154. The van der Waals surface area contributed by atoms with Gasteiger partial charge in [0.05, 0.1) is 12.3 Å². The Labute approximate surface area is 146 Å². The van der Waals surface area contributed by atoms with Crippen LogP contribution in [0.3, 0.4) is 0 Å². The molecular formula is C19H22N2O2S. The van der Waals surface area contributed by atoms with Crippen LogP contribution in [-0.2, 0) is 4.74 Å². The molecule has 1 amide bonds. The van der Waals surface area contributed by atoms with Crippen LogP contribution in [0.4, 0.5) is 0 Å². The molecule has 4 rings (SSSR count). The maximum absolute atomic E-state index is 13.1. The van der Waals surface area contributed by atoms with E-state index in [4.69, 9.17) is 4.74 Å². The predicted molar refractivity (Wildman–Crippen MR) is 95.3 cm³/mol. The molecule has 0 spiro atoms. The monoisotopic (exact) mass is 342 g/mol. The molecule has 0 radical (unpaired) electrons. The number of carbonyl (C=O) groups excluding carboxylic acids is 1. The predicted octanol–water partition coefficient (Wildman–Crippen LogP) is 3.76. The quantitative estimate of drug-likeness (QED) is 0.831. The van der Waals surface area contributed by atoms with Gasteiger partial charge in [0.1, 0.15) is 9.88 Å². The zero-order chi connectivity index (χ0) is 16.5. The van der Waals surface area contributed by atoms with Gasteiger partial charge in [-0.15, -0.1) is 11.3 Å². The molecule has 2 heterocycles. The number of amides is 1. The lowest BCUT2D eigenvalue weighted by atomic mass is 10.1. The van der Waals surface area contributed by atoms with Gasteiger partial charge in [-0.05, 0) is 26.2 Å². The Bertz CT molecular complexity index is 718. The normalized spacial score (nSPS) is 20.3. The van der Waals surface area contributed by atoms with Crippen LogP contribution in [0.5, 0.6) is 0 Å². The Morgan fingerprint density at radius 3 is 2.75 bits per heavy atom. The van der Waals surface area contributed by atoms with Crippen LogP contribution >= 0.6 is 11.3 Å². The van der Waals surface area contributed by atoms with E-state index in [2.05, 4.69) is 9.88 Å². The van der Waals surface area contributed by atoms with Crippen molar-refractivity contribution >= 4 is 17.2 Å². The molecule has 4 nitrogen and oxygen atoms in total. The van der Waals surface area contributed by atoms with E-state index in [1.54, 1.807) is 0 Å². The van der Waals surface area contributed by atoms with Crippen molar-refractivity contribution in [1.29, 1.82) is 0 Å². The van der Waals surface area contributed by atoms with E-state index in [9.17, 15) is 4.79 Å².